The highest BCUT2D eigenvalue weighted by Crippen LogP contribution is 2.10. The monoisotopic (exact) mass is 264 g/mol. The lowest BCUT2D eigenvalue weighted by atomic mass is 10.2. The van der Waals surface area contributed by atoms with E-state index in [1.54, 1.807) is 0 Å². The molecule has 1 rings (SSSR count). The zero-order valence-electron chi connectivity index (χ0n) is 5.22. The van der Waals surface area contributed by atoms with Crippen molar-refractivity contribution in [2.45, 2.75) is 0 Å². The molecule has 0 saturated heterocycles. The summed E-state index contributed by atoms with van der Waals surface area (Å²) < 4.78 is 1.97. The van der Waals surface area contributed by atoms with E-state index in [1.165, 1.54) is 5.56 Å². The van der Waals surface area contributed by atoms with E-state index in [-0.39, 0.29) is 0 Å². The molecule has 0 aliphatic heterocycles. The molecular formula is C8H6ClI. The summed E-state index contributed by atoms with van der Waals surface area (Å²) in [6.07, 6.45) is 2.02. The van der Waals surface area contributed by atoms with Gasteiger partial charge in [0.25, 0.3) is 0 Å². The lowest BCUT2D eigenvalue weighted by Gasteiger charge is -1.90. The van der Waals surface area contributed by atoms with Crippen LogP contribution in [0.15, 0.2) is 28.3 Å². The van der Waals surface area contributed by atoms with Crippen LogP contribution < -0.4 is 0 Å². The molecule has 0 heterocycles. The minimum absolute atomic E-state index is 0.783. The van der Waals surface area contributed by atoms with E-state index in [9.17, 15) is 0 Å². The molecule has 0 amide bonds. The van der Waals surface area contributed by atoms with Crippen LogP contribution in [0.3, 0.4) is 0 Å². The zero-order valence-corrected chi connectivity index (χ0v) is 8.13. The van der Waals surface area contributed by atoms with Gasteiger partial charge in [-0.2, -0.15) is 0 Å². The molecule has 10 heavy (non-hydrogen) atoms. The molecule has 1 aromatic rings. The van der Waals surface area contributed by atoms with Crippen LogP contribution in [0.5, 0.6) is 0 Å². The van der Waals surface area contributed by atoms with Crippen molar-refractivity contribution in [1.29, 1.82) is 0 Å². The van der Waals surface area contributed by atoms with Crippen LogP contribution in [0.25, 0.3) is 6.08 Å². The maximum Gasteiger partial charge on any atom is 0.0406 e. The van der Waals surface area contributed by atoms with Gasteiger partial charge in [0, 0.05) is 5.02 Å². The maximum atomic E-state index is 5.69. The van der Waals surface area contributed by atoms with Crippen LogP contribution in [-0.4, -0.2) is 0 Å². The van der Waals surface area contributed by atoms with Gasteiger partial charge in [0.15, 0.2) is 0 Å². The number of hydrogen-bond donors (Lipinski definition) is 0. The summed E-state index contributed by atoms with van der Waals surface area (Å²) in [5.41, 5.74) is 1.18. The Morgan fingerprint density at radius 1 is 1.20 bits per heavy atom. The van der Waals surface area contributed by atoms with Crippen molar-refractivity contribution in [3.05, 3.63) is 38.9 Å². The summed E-state index contributed by atoms with van der Waals surface area (Å²) in [6.45, 7) is 0. The highest BCUT2D eigenvalue weighted by molar-refractivity contribution is 14.1. The first-order valence-electron chi connectivity index (χ1n) is 2.85. The third kappa shape index (κ3) is 2.31. The van der Waals surface area contributed by atoms with Gasteiger partial charge in [-0.3, -0.25) is 0 Å². The van der Waals surface area contributed by atoms with Crippen molar-refractivity contribution in [3.63, 3.8) is 0 Å². The Hall–Kier alpha value is -0.0200. The Balaban J connectivity index is 2.89. The molecule has 2 heteroatoms. The quantitative estimate of drug-likeness (QED) is 0.678. The lowest BCUT2D eigenvalue weighted by Crippen LogP contribution is -1.67. The first-order valence-corrected chi connectivity index (χ1v) is 4.47. The molecule has 0 bridgehead atoms. The van der Waals surface area contributed by atoms with Gasteiger partial charge in [0.05, 0.1) is 0 Å². The fourth-order valence-corrected chi connectivity index (χ4v) is 1.19. The van der Waals surface area contributed by atoms with Crippen molar-refractivity contribution in [2.24, 2.45) is 0 Å². The van der Waals surface area contributed by atoms with Crippen molar-refractivity contribution >= 4 is 40.3 Å². The van der Waals surface area contributed by atoms with Gasteiger partial charge in [-0.15, -0.1) is 0 Å². The van der Waals surface area contributed by atoms with Crippen LogP contribution in [0.2, 0.25) is 5.02 Å². The normalized spacial score (nSPS) is 10.6. The summed E-state index contributed by atoms with van der Waals surface area (Å²) in [5.74, 6) is 0. The van der Waals surface area contributed by atoms with Crippen LogP contribution in [-0.2, 0) is 0 Å². The molecule has 52 valence electrons. The number of hydrogen-bond acceptors (Lipinski definition) is 0. The Morgan fingerprint density at radius 2 is 1.80 bits per heavy atom. The van der Waals surface area contributed by atoms with Crippen molar-refractivity contribution in [2.75, 3.05) is 0 Å². The van der Waals surface area contributed by atoms with Gasteiger partial charge in [-0.05, 0) is 27.9 Å². The molecular weight excluding hydrogens is 258 g/mol. The largest absolute Gasteiger partial charge is 0.0843 e. The van der Waals surface area contributed by atoms with E-state index in [1.807, 2.05) is 34.4 Å². The molecule has 0 aromatic heterocycles. The minimum Gasteiger partial charge on any atom is -0.0843 e. The molecule has 0 unspecified atom stereocenters. The highest BCUT2D eigenvalue weighted by Gasteiger charge is 1.85. The number of rotatable bonds is 1. The average molecular weight is 264 g/mol. The molecule has 0 saturated carbocycles. The van der Waals surface area contributed by atoms with Crippen molar-refractivity contribution < 1.29 is 0 Å². The Kier molecular flexibility index (Phi) is 3.22. The fourth-order valence-electron chi connectivity index (χ4n) is 0.647. The van der Waals surface area contributed by atoms with Gasteiger partial charge < -0.3 is 0 Å². The van der Waals surface area contributed by atoms with E-state index < -0.39 is 0 Å². The Labute approximate surface area is 79.0 Å². The smallest absolute Gasteiger partial charge is 0.0406 e. The molecule has 0 aliphatic carbocycles. The zero-order chi connectivity index (χ0) is 7.40. The van der Waals surface area contributed by atoms with E-state index in [2.05, 4.69) is 22.6 Å². The lowest BCUT2D eigenvalue weighted by molar-refractivity contribution is 1.66. The summed E-state index contributed by atoms with van der Waals surface area (Å²) in [7, 11) is 0. The molecule has 0 radical (unpaired) electrons. The van der Waals surface area contributed by atoms with Gasteiger partial charge in [0.1, 0.15) is 0 Å². The van der Waals surface area contributed by atoms with E-state index >= 15 is 0 Å². The molecule has 1 aromatic carbocycles. The fraction of sp³-hybridized carbons (Fsp3) is 0. The summed E-state index contributed by atoms with van der Waals surface area (Å²) in [6, 6.07) is 7.73. The number of halogens is 2. The summed E-state index contributed by atoms with van der Waals surface area (Å²) in [4.78, 5) is 0. The Morgan fingerprint density at radius 3 is 2.30 bits per heavy atom. The third-order valence-electron chi connectivity index (χ3n) is 1.13. The molecule has 0 atom stereocenters. The minimum atomic E-state index is 0.783. The summed E-state index contributed by atoms with van der Waals surface area (Å²) >= 11 is 7.87. The summed E-state index contributed by atoms with van der Waals surface area (Å²) in [5, 5.41) is 0.783. The van der Waals surface area contributed by atoms with E-state index in [0.29, 0.717) is 0 Å². The van der Waals surface area contributed by atoms with Crippen molar-refractivity contribution in [1.82, 2.24) is 0 Å². The second-order valence-corrected chi connectivity index (χ2v) is 3.00. The van der Waals surface area contributed by atoms with Crippen LogP contribution in [0.1, 0.15) is 5.56 Å². The highest BCUT2D eigenvalue weighted by atomic mass is 127. The van der Waals surface area contributed by atoms with E-state index in [4.69, 9.17) is 11.6 Å². The van der Waals surface area contributed by atoms with Crippen LogP contribution in [0, 0.1) is 0 Å². The van der Waals surface area contributed by atoms with E-state index in [0.717, 1.165) is 5.02 Å². The predicted octanol–water partition coefficient (Wildman–Crippen LogP) is 3.75. The topological polar surface area (TPSA) is 0 Å². The van der Waals surface area contributed by atoms with Gasteiger partial charge in [0.2, 0.25) is 0 Å². The van der Waals surface area contributed by atoms with Crippen LogP contribution >= 0.6 is 34.2 Å². The van der Waals surface area contributed by atoms with Gasteiger partial charge in [-0.1, -0.05) is 46.3 Å². The first kappa shape index (κ1) is 8.08. The van der Waals surface area contributed by atoms with Crippen LogP contribution in [0.4, 0.5) is 0 Å². The molecule has 0 nitrogen and oxygen atoms in total. The van der Waals surface area contributed by atoms with Gasteiger partial charge in [-0.25, -0.2) is 0 Å². The standard InChI is InChI=1S/C8H6ClI/c9-8-3-1-7(2-4-8)5-6-10/h1-6H. The first-order chi connectivity index (χ1) is 4.83. The predicted molar refractivity (Wildman–Crippen MR) is 54.5 cm³/mol. The molecule has 0 N–H and O–H groups in total. The Bertz CT molecular complexity index is 226. The second kappa shape index (κ2) is 3.98. The molecule has 0 fully saturated rings. The van der Waals surface area contributed by atoms with Crippen molar-refractivity contribution in [3.8, 4) is 0 Å². The molecule has 0 spiro atoms. The van der Waals surface area contributed by atoms with Gasteiger partial charge >= 0.3 is 0 Å². The average Bonchev–Trinajstić information content (AvgIpc) is 1.95. The third-order valence-corrected chi connectivity index (χ3v) is 1.74. The maximum absolute atomic E-state index is 5.69. The second-order valence-electron chi connectivity index (χ2n) is 1.84. The number of benzene rings is 1. The SMILES string of the molecule is Clc1ccc(C=CI)cc1. The molecule has 0 aliphatic rings.